The molecule has 2 aliphatic heterocycles. The lowest BCUT2D eigenvalue weighted by Crippen LogP contribution is -2.41. The summed E-state index contributed by atoms with van der Waals surface area (Å²) in [6.07, 6.45) is 6.22. The highest BCUT2D eigenvalue weighted by Gasteiger charge is 2.40. The molecule has 1 saturated heterocycles. The summed E-state index contributed by atoms with van der Waals surface area (Å²) in [6.45, 7) is 1.56. The van der Waals surface area contributed by atoms with Crippen LogP contribution in [0.1, 0.15) is 35.4 Å². The smallest absolute Gasteiger partial charge is 0.258 e. The predicted octanol–water partition coefficient (Wildman–Crippen LogP) is 2.85. The molecule has 0 saturated carbocycles. The van der Waals surface area contributed by atoms with Gasteiger partial charge in [0.25, 0.3) is 5.56 Å². The van der Waals surface area contributed by atoms with E-state index in [1.54, 1.807) is 24.5 Å². The number of aromatic nitrogens is 3. The van der Waals surface area contributed by atoms with Gasteiger partial charge in [0, 0.05) is 31.4 Å². The van der Waals surface area contributed by atoms with Gasteiger partial charge in [-0.3, -0.25) is 19.6 Å². The van der Waals surface area contributed by atoms with Crippen LogP contribution in [0.15, 0.2) is 59.7 Å². The highest BCUT2D eigenvalue weighted by Crippen LogP contribution is 2.38. The number of fused-ring (bicyclic) bond motifs is 1. The maximum Gasteiger partial charge on any atom is 0.258 e. The van der Waals surface area contributed by atoms with Crippen LogP contribution < -0.4 is 15.8 Å². The Hall–Kier alpha value is -3.99. The van der Waals surface area contributed by atoms with Crippen LogP contribution in [0.2, 0.25) is 0 Å². The van der Waals surface area contributed by atoms with Gasteiger partial charge in [-0.15, -0.1) is 0 Å². The van der Waals surface area contributed by atoms with Gasteiger partial charge in [0.1, 0.15) is 11.7 Å². The Morgan fingerprint density at radius 3 is 2.48 bits per heavy atom. The molecule has 0 bridgehead atoms. The Kier molecular flexibility index (Phi) is 5.61. The van der Waals surface area contributed by atoms with E-state index in [0.29, 0.717) is 23.0 Å². The quantitative estimate of drug-likeness (QED) is 0.645. The van der Waals surface area contributed by atoms with Gasteiger partial charge in [-0.2, -0.15) is 10.2 Å². The Labute approximate surface area is 191 Å². The highest BCUT2D eigenvalue weighted by atomic mass is 16.2. The summed E-state index contributed by atoms with van der Waals surface area (Å²) in [5.41, 5.74) is 2.01. The number of amides is 1. The minimum absolute atomic E-state index is 0.235. The van der Waals surface area contributed by atoms with Crippen LogP contribution in [0.3, 0.4) is 0 Å². The number of pyridine rings is 1. The van der Waals surface area contributed by atoms with Crippen molar-refractivity contribution in [3.63, 3.8) is 0 Å². The van der Waals surface area contributed by atoms with Gasteiger partial charge in [0.2, 0.25) is 11.9 Å². The number of carbonyl (C=O) groups excluding carboxylic acids is 1. The summed E-state index contributed by atoms with van der Waals surface area (Å²) < 4.78 is 0. The summed E-state index contributed by atoms with van der Waals surface area (Å²) >= 11 is 0. The zero-order chi connectivity index (χ0) is 22.8. The van der Waals surface area contributed by atoms with Crippen LogP contribution in [0, 0.1) is 23.2 Å². The van der Waals surface area contributed by atoms with Crippen molar-refractivity contribution in [3.8, 4) is 6.07 Å². The van der Waals surface area contributed by atoms with E-state index in [9.17, 15) is 14.9 Å². The summed E-state index contributed by atoms with van der Waals surface area (Å²) in [4.78, 5) is 39.5. The maximum absolute atomic E-state index is 13.2. The number of nitrogens with one attached hydrogen (secondary N) is 2. The molecule has 4 heterocycles. The Morgan fingerprint density at radius 2 is 1.79 bits per heavy atom. The number of nitriles is 1. The van der Waals surface area contributed by atoms with E-state index >= 15 is 0 Å². The van der Waals surface area contributed by atoms with Gasteiger partial charge in [-0.25, -0.2) is 0 Å². The molecule has 1 aromatic carbocycles. The fourth-order valence-corrected chi connectivity index (χ4v) is 4.88. The number of hydrogen-bond donors (Lipinski definition) is 2. The number of hydrogen-bond acceptors (Lipinski definition) is 6. The summed E-state index contributed by atoms with van der Waals surface area (Å²) in [5, 5.41) is 12.3. The van der Waals surface area contributed by atoms with Crippen molar-refractivity contribution in [2.75, 3.05) is 23.3 Å². The van der Waals surface area contributed by atoms with E-state index in [-0.39, 0.29) is 11.4 Å². The molecule has 2 aromatic heterocycles. The van der Waals surface area contributed by atoms with Crippen molar-refractivity contribution in [3.05, 3.63) is 81.9 Å². The van der Waals surface area contributed by atoms with Crippen LogP contribution in [0.25, 0.3) is 0 Å². The average Bonchev–Trinajstić information content (AvgIpc) is 2.84. The molecule has 0 aliphatic carbocycles. The fraction of sp³-hybridized carbons (Fsp3) is 0.320. The van der Waals surface area contributed by atoms with Gasteiger partial charge in [0.15, 0.2) is 0 Å². The second kappa shape index (κ2) is 8.87. The monoisotopic (exact) mass is 440 g/mol. The third-order valence-electron chi connectivity index (χ3n) is 6.60. The SMILES string of the molecule is N#CC1C(=O)Nc2nc(N3CCC(Cc4ccccc4)CC3)[nH]c(=O)c2C1c1ccncc1. The van der Waals surface area contributed by atoms with Crippen LogP contribution >= 0.6 is 0 Å². The van der Waals surface area contributed by atoms with Crippen molar-refractivity contribution in [2.24, 2.45) is 11.8 Å². The molecule has 2 aliphatic rings. The Balaban J connectivity index is 1.40. The number of aromatic amines is 1. The zero-order valence-electron chi connectivity index (χ0n) is 18.1. The second-order valence-electron chi connectivity index (χ2n) is 8.63. The molecule has 2 atom stereocenters. The third kappa shape index (κ3) is 4.10. The van der Waals surface area contributed by atoms with E-state index in [4.69, 9.17) is 0 Å². The van der Waals surface area contributed by atoms with Crippen LogP contribution in [0.5, 0.6) is 0 Å². The zero-order valence-corrected chi connectivity index (χ0v) is 18.1. The number of piperidine rings is 1. The molecular weight excluding hydrogens is 416 g/mol. The van der Waals surface area contributed by atoms with Crippen molar-refractivity contribution >= 4 is 17.7 Å². The van der Waals surface area contributed by atoms with Crippen LogP contribution in [-0.4, -0.2) is 33.9 Å². The van der Waals surface area contributed by atoms with Gasteiger partial charge >= 0.3 is 0 Å². The number of benzene rings is 1. The van der Waals surface area contributed by atoms with E-state index in [1.807, 2.05) is 12.1 Å². The van der Waals surface area contributed by atoms with Crippen molar-refractivity contribution < 1.29 is 4.79 Å². The molecular formula is C25H24N6O2. The van der Waals surface area contributed by atoms with E-state index < -0.39 is 17.7 Å². The fourth-order valence-electron chi connectivity index (χ4n) is 4.88. The molecule has 33 heavy (non-hydrogen) atoms. The molecule has 8 nitrogen and oxygen atoms in total. The predicted molar refractivity (Wildman–Crippen MR) is 124 cm³/mol. The minimum atomic E-state index is -1.01. The number of nitrogens with zero attached hydrogens (tertiary/aromatic N) is 4. The van der Waals surface area contributed by atoms with Gasteiger partial charge in [-0.1, -0.05) is 30.3 Å². The summed E-state index contributed by atoms with van der Waals surface area (Å²) in [5.74, 6) is -0.872. The molecule has 1 fully saturated rings. The normalized spacial score (nSPS) is 20.6. The number of H-pyrrole nitrogens is 1. The molecule has 0 spiro atoms. The number of carbonyl (C=O) groups is 1. The molecule has 8 heteroatoms. The van der Waals surface area contributed by atoms with Crippen molar-refractivity contribution in [2.45, 2.75) is 25.2 Å². The van der Waals surface area contributed by atoms with Crippen molar-refractivity contribution in [1.82, 2.24) is 15.0 Å². The standard InChI is InChI=1S/C25H24N6O2/c26-15-19-20(18-6-10-27-11-7-18)21-22(28-23(19)32)29-25(30-24(21)33)31-12-8-17(9-13-31)14-16-4-2-1-3-5-16/h1-7,10-11,17,19-20H,8-9,12-14H2,(H2,28,29,30,32,33). The first-order chi connectivity index (χ1) is 16.1. The molecule has 5 rings (SSSR count). The largest absolute Gasteiger partial charge is 0.342 e. The summed E-state index contributed by atoms with van der Waals surface area (Å²) in [7, 11) is 0. The molecule has 2 unspecified atom stereocenters. The molecule has 0 radical (unpaired) electrons. The van der Waals surface area contributed by atoms with E-state index in [0.717, 1.165) is 32.4 Å². The number of rotatable bonds is 4. The number of anilines is 2. The van der Waals surface area contributed by atoms with Crippen LogP contribution in [0.4, 0.5) is 11.8 Å². The first kappa shape index (κ1) is 20.9. The van der Waals surface area contributed by atoms with Crippen molar-refractivity contribution in [1.29, 1.82) is 5.26 Å². The molecule has 1 amide bonds. The van der Waals surface area contributed by atoms with E-state index in [1.165, 1.54) is 5.56 Å². The second-order valence-corrected chi connectivity index (χ2v) is 8.63. The lowest BCUT2D eigenvalue weighted by molar-refractivity contribution is -0.119. The Morgan fingerprint density at radius 1 is 1.06 bits per heavy atom. The lowest BCUT2D eigenvalue weighted by atomic mass is 9.79. The van der Waals surface area contributed by atoms with Gasteiger partial charge < -0.3 is 10.2 Å². The first-order valence-electron chi connectivity index (χ1n) is 11.2. The van der Waals surface area contributed by atoms with E-state index in [2.05, 4.69) is 49.4 Å². The topological polar surface area (TPSA) is 115 Å². The molecule has 3 aromatic rings. The average molecular weight is 441 g/mol. The molecule has 166 valence electrons. The molecule has 2 N–H and O–H groups in total. The Bertz CT molecular complexity index is 1240. The third-order valence-corrected chi connectivity index (χ3v) is 6.60. The first-order valence-corrected chi connectivity index (χ1v) is 11.2. The lowest BCUT2D eigenvalue weighted by Gasteiger charge is -2.34. The van der Waals surface area contributed by atoms with Crippen LogP contribution in [-0.2, 0) is 11.2 Å². The summed E-state index contributed by atoms with van der Waals surface area (Å²) in [6, 6.07) is 16.0. The maximum atomic E-state index is 13.2. The van der Waals surface area contributed by atoms with Gasteiger partial charge in [0.05, 0.1) is 11.6 Å². The van der Waals surface area contributed by atoms with Gasteiger partial charge in [-0.05, 0) is 48.4 Å². The minimum Gasteiger partial charge on any atom is -0.342 e. The highest BCUT2D eigenvalue weighted by molar-refractivity contribution is 5.97.